The van der Waals surface area contributed by atoms with Gasteiger partial charge in [-0.2, -0.15) is 0 Å². The van der Waals surface area contributed by atoms with Gasteiger partial charge in [0.15, 0.2) is 0 Å². The number of benzene rings is 6. The highest BCUT2D eigenvalue weighted by Gasteiger charge is 1.97. The zero-order valence-corrected chi connectivity index (χ0v) is 29.8. The quantitative estimate of drug-likeness (QED) is 0.169. The fourth-order valence-corrected chi connectivity index (χ4v) is 3.88. The minimum absolute atomic E-state index is 1.32. The first-order valence-corrected chi connectivity index (χ1v) is 15.5. The predicted molar refractivity (Wildman–Crippen MR) is 204 cm³/mol. The third-order valence-corrected chi connectivity index (χ3v) is 6.08. The van der Waals surface area contributed by atoms with Crippen LogP contribution in [0.2, 0.25) is 0 Å². The molecule has 0 aromatic heterocycles. The molecule has 0 saturated carbocycles. The first kappa shape index (κ1) is 41.5. The Kier molecular flexibility index (Phi) is 25.3. The van der Waals surface area contributed by atoms with Crippen LogP contribution in [-0.2, 0) is 9.47 Å². The lowest BCUT2D eigenvalue weighted by atomic mass is 10.0. The van der Waals surface area contributed by atoms with Crippen LogP contribution in [0.5, 0.6) is 0 Å². The first-order chi connectivity index (χ1) is 22.2. The van der Waals surface area contributed by atoms with Gasteiger partial charge >= 0.3 is 0 Å². The molecule has 0 saturated heterocycles. The van der Waals surface area contributed by atoms with Crippen LogP contribution in [0.3, 0.4) is 0 Å². The summed E-state index contributed by atoms with van der Waals surface area (Å²) in [5, 5.41) is 2.75. The standard InChI is InChI=1S/C12H12.4C7H8.2C2H6O/c1-9-5-3-7-11-8-4-6-10(2)12(9)11;4*1-7-5-3-2-4-6-7;2*1-3-2/h3-8H,1-2H3;4*2-6H,1H3;2*1-2H3. The number of rotatable bonds is 0. The maximum Gasteiger partial charge on any atom is 0.0351 e. The largest absolute Gasteiger partial charge is 0.388 e. The van der Waals surface area contributed by atoms with Gasteiger partial charge in [0.25, 0.3) is 0 Å². The molecule has 0 N–H and O–H groups in total. The van der Waals surface area contributed by atoms with E-state index in [0.717, 1.165) is 0 Å². The molecule has 46 heavy (non-hydrogen) atoms. The third kappa shape index (κ3) is 22.1. The van der Waals surface area contributed by atoms with Gasteiger partial charge in [-0.1, -0.05) is 180 Å². The Morgan fingerprint density at radius 3 is 0.652 bits per heavy atom. The van der Waals surface area contributed by atoms with Gasteiger partial charge in [0.05, 0.1) is 0 Å². The minimum atomic E-state index is 1.32. The summed E-state index contributed by atoms with van der Waals surface area (Å²) >= 11 is 0. The lowest BCUT2D eigenvalue weighted by molar-refractivity contribution is 0.277. The van der Waals surface area contributed by atoms with Crippen molar-refractivity contribution < 1.29 is 9.47 Å². The molecule has 0 bridgehead atoms. The molecule has 0 heterocycles. The third-order valence-electron chi connectivity index (χ3n) is 6.08. The molecule has 0 atom stereocenters. The molecule has 6 aromatic rings. The highest BCUT2D eigenvalue weighted by Crippen LogP contribution is 2.21. The number of ether oxygens (including phenoxy) is 2. The average Bonchev–Trinajstić information content (AvgIpc) is 3.05. The highest BCUT2D eigenvalue weighted by atomic mass is 16.5. The molecular formula is C44H56O2. The molecule has 6 aromatic carbocycles. The Labute approximate surface area is 280 Å². The van der Waals surface area contributed by atoms with Crippen molar-refractivity contribution >= 4 is 10.8 Å². The van der Waals surface area contributed by atoms with E-state index >= 15 is 0 Å². The van der Waals surface area contributed by atoms with Crippen molar-refractivity contribution in [1.29, 1.82) is 0 Å². The fourth-order valence-electron chi connectivity index (χ4n) is 3.88. The van der Waals surface area contributed by atoms with Crippen molar-refractivity contribution in [3.8, 4) is 0 Å². The van der Waals surface area contributed by atoms with Gasteiger partial charge in [-0.25, -0.2) is 0 Å². The summed E-state index contributed by atoms with van der Waals surface area (Å²) in [6, 6.07) is 53.9. The fraction of sp³-hybridized carbons (Fsp3) is 0.227. The molecule has 0 unspecified atom stereocenters. The molecule has 0 radical (unpaired) electrons. The monoisotopic (exact) mass is 616 g/mol. The second kappa shape index (κ2) is 28.0. The second-order valence-corrected chi connectivity index (χ2v) is 10.7. The Hall–Kier alpha value is -4.50. The van der Waals surface area contributed by atoms with Gasteiger partial charge in [-0.05, 0) is 63.4 Å². The van der Waals surface area contributed by atoms with Crippen molar-refractivity contribution in [2.24, 2.45) is 0 Å². The van der Waals surface area contributed by atoms with E-state index in [1.54, 1.807) is 28.4 Å². The van der Waals surface area contributed by atoms with Gasteiger partial charge in [0.2, 0.25) is 0 Å². The summed E-state index contributed by atoms with van der Waals surface area (Å²) in [6.45, 7) is 12.7. The molecule has 0 aliphatic heterocycles. The summed E-state index contributed by atoms with van der Waals surface area (Å²) in [6.07, 6.45) is 0. The topological polar surface area (TPSA) is 18.5 Å². The lowest BCUT2D eigenvalue weighted by Crippen LogP contribution is -1.81. The molecule has 0 aliphatic carbocycles. The molecule has 0 aliphatic rings. The Morgan fingerprint density at radius 1 is 0.283 bits per heavy atom. The van der Waals surface area contributed by atoms with Crippen molar-refractivity contribution in [3.63, 3.8) is 0 Å². The number of hydrogen-bond acceptors (Lipinski definition) is 2. The van der Waals surface area contributed by atoms with Crippen LogP contribution in [0.1, 0.15) is 33.4 Å². The average molecular weight is 617 g/mol. The van der Waals surface area contributed by atoms with E-state index in [1.807, 2.05) is 72.8 Å². The minimum Gasteiger partial charge on any atom is -0.388 e. The van der Waals surface area contributed by atoms with Gasteiger partial charge < -0.3 is 9.47 Å². The van der Waals surface area contributed by atoms with E-state index < -0.39 is 0 Å². The first-order valence-electron chi connectivity index (χ1n) is 15.5. The van der Waals surface area contributed by atoms with Gasteiger partial charge in [0.1, 0.15) is 0 Å². The molecule has 6 rings (SSSR count). The molecule has 2 nitrogen and oxygen atoms in total. The summed E-state index contributed by atoms with van der Waals surface area (Å²) in [4.78, 5) is 0. The number of fused-ring (bicyclic) bond motifs is 1. The van der Waals surface area contributed by atoms with Crippen LogP contribution in [0.25, 0.3) is 10.8 Å². The van der Waals surface area contributed by atoms with E-state index in [9.17, 15) is 0 Å². The Morgan fingerprint density at radius 2 is 0.500 bits per heavy atom. The highest BCUT2D eigenvalue weighted by molar-refractivity contribution is 5.88. The SMILES string of the molecule is COC.COC.Cc1cccc2cccc(C)c12.Cc1ccccc1.Cc1ccccc1.Cc1ccccc1.Cc1ccccc1. The summed E-state index contributed by atoms with van der Waals surface area (Å²) in [7, 11) is 6.50. The summed E-state index contributed by atoms with van der Waals surface area (Å²) in [5.74, 6) is 0. The maximum absolute atomic E-state index is 4.25. The van der Waals surface area contributed by atoms with E-state index in [-0.39, 0.29) is 0 Å². The molecule has 2 heteroatoms. The normalized spacial score (nSPS) is 8.83. The predicted octanol–water partition coefficient (Wildman–Crippen LogP) is 12.0. The molecule has 0 spiro atoms. The zero-order valence-electron chi connectivity index (χ0n) is 29.8. The van der Waals surface area contributed by atoms with E-state index in [2.05, 4.69) is 136 Å². The molecular weight excluding hydrogens is 560 g/mol. The van der Waals surface area contributed by atoms with E-state index in [0.29, 0.717) is 0 Å². The van der Waals surface area contributed by atoms with Gasteiger partial charge in [0, 0.05) is 28.4 Å². The number of hydrogen-bond donors (Lipinski definition) is 0. The molecule has 0 amide bonds. The Bertz CT molecular complexity index is 1310. The lowest BCUT2D eigenvalue weighted by Gasteiger charge is -2.04. The van der Waals surface area contributed by atoms with E-state index in [4.69, 9.17) is 0 Å². The summed E-state index contributed by atoms with van der Waals surface area (Å²) < 4.78 is 8.50. The van der Waals surface area contributed by atoms with Gasteiger partial charge in [-0.15, -0.1) is 0 Å². The summed E-state index contributed by atoms with van der Waals surface area (Å²) in [5.41, 5.74) is 8.02. The van der Waals surface area contributed by atoms with Crippen LogP contribution < -0.4 is 0 Å². The second-order valence-electron chi connectivity index (χ2n) is 10.7. The van der Waals surface area contributed by atoms with Crippen molar-refractivity contribution in [2.75, 3.05) is 28.4 Å². The molecule has 244 valence electrons. The number of methoxy groups -OCH3 is 2. The van der Waals surface area contributed by atoms with Crippen LogP contribution in [0.15, 0.2) is 158 Å². The number of aryl methyl sites for hydroxylation is 6. The van der Waals surface area contributed by atoms with Crippen molar-refractivity contribution in [2.45, 2.75) is 41.5 Å². The Balaban J connectivity index is 0.000000537. The van der Waals surface area contributed by atoms with Crippen LogP contribution in [-0.4, -0.2) is 28.4 Å². The molecule has 0 fully saturated rings. The van der Waals surface area contributed by atoms with Crippen LogP contribution in [0, 0.1) is 41.5 Å². The zero-order chi connectivity index (χ0) is 34.4. The van der Waals surface area contributed by atoms with Gasteiger partial charge in [-0.3, -0.25) is 0 Å². The van der Waals surface area contributed by atoms with E-state index in [1.165, 1.54) is 44.2 Å². The van der Waals surface area contributed by atoms with Crippen LogP contribution in [0.4, 0.5) is 0 Å². The van der Waals surface area contributed by atoms with Crippen molar-refractivity contribution in [1.82, 2.24) is 0 Å². The maximum atomic E-state index is 4.25. The van der Waals surface area contributed by atoms with Crippen molar-refractivity contribution in [3.05, 3.63) is 191 Å². The smallest absolute Gasteiger partial charge is 0.0351 e. The van der Waals surface area contributed by atoms with Crippen LogP contribution >= 0.6 is 0 Å².